The number of nitro benzene ring substituents is 1. The number of furan rings is 1. The van der Waals surface area contributed by atoms with E-state index < -0.39 is 16.9 Å². The highest BCUT2D eigenvalue weighted by atomic mass is 32.1. The largest absolute Gasteiger partial charge is 0.494 e. The van der Waals surface area contributed by atoms with Crippen molar-refractivity contribution >= 4 is 29.1 Å². The normalized spacial score (nSPS) is 15.0. The lowest BCUT2D eigenvalue weighted by atomic mass is 9.95. The lowest BCUT2D eigenvalue weighted by molar-refractivity contribution is -0.384. The Balaban J connectivity index is 1.64. The number of fused-ring (bicyclic) bond motifs is 1. The molecule has 2 aromatic carbocycles. The topological polar surface area (TPSA) is 126 Å². The average molecular weight is 560 g/mol. The summed E-state index contributed by atoms with van der Waals surface area (Å²) in [4.78, 5) is 42.7. The van der Waals surface area contributed by atoms with Crippen LogP contribution in [0.1, 0.15) is 38.1 Å². The number of carbonyl (C=O) groups excluding carboxylic acids is 1. The van der Waals surface area contributed by atoms with E-state index >= 15 is 0 Å². The highest BCUT2D eigenvalue weighted by molar-refractivity contribution is 7.07. The van der Waals surface area contributed by atoms with Crippen molar-refractivity contribution < 1.29 is 23.6 Å². The van der Waals surface area contributed by atoms with Crippen LogP contribution in [0.4, 0.5) is 5.69 Å². The molecule has 204 valence electrons. The van der Waals surface area contributed by atoms with Gasteiger partial charge in [-0.3, -0.25) is 19.5 Å². The van der Waals surface area contributed by atoms with Gasteiger partial charge in [0.1, 0.15) is 23.3 Å². The highest BCUT2D eigenvalue weighted by Crippen LogP contribution is 2.36. The van der Waals surface area contributed by atoms with Crippen LogP contribution in [0.3, 0.4) is 0 Å². The van der Waals surface area contributed by atoms with E-state index in [-0.39, 0.29) is 23.4 Å². The maximum atomic E-state index is 13.8. The predicted octanol–water partition coefficient (Wildman–Crippen LogP) is 4.37. The van der Waals surface area contributed by atoms with Gasteiger partial charge >= 0.3 is 5.97 Å². The summed E-state index contributed by atoms with van der Waals surface area (Å²) in [6.45, 7) is 5.88. The number of hydrogen-bond donors (Lipinski definition) is 0. The second kappa shape index (κ2) is 11.1. The molecule has 0 N–H and O–H groups in total. The smallest absolute Gasteiger partial charge is 0.338 e. The Kier molecular flexibility index (Phi) is 7.47. The third-order valence-electron chi connectivity index (χ3n) is 6.27. The Morgan fingerprint density at radius 1 is 1.15 bits per heavy atom. The van der Waals surface area contributed by atoms with Crippen molar-refractivity contribution in [3.05, 3.63) is 113 Å². The van der Waals surface area contributed by atoms with Crippen LogP contribution in [0.2, 0.25) is 0 Å². The zero-order valence-electron chi connectivity index (χ0n) is 22.0. The summed E-state index contributed by atoms with van der Waals surface area (Å²) in [5, 5.41) is 11.2. The third kappa shape index (κ3) is 4.98. The molecule has 1 aliphatic rings. The molecular formula is C29H25N3O7S. The Bertz CT molecular complexity index is 1830. The number of nitrogens with zero attached hydrogens (tertiary/aromatic N) is 3. The Morgan fingerprint density at radius 2 is 1.95 bits per heavy atom. The van der Waals surface area contributed by atoms with Crippen LogP contribution in [0.25, 0.3) is 17.4 Å². The summed E-state index contributed by atoms with van der Waals surface area (Å²) >= 11 is 1.17. The van der Waals surface area contributed by atoms with Crippen LogP contribution in [-0.4, -0.2) is 28.7 Å². The zero-order valence-corrected chi connectivity index (χ0v) is 22.8. The van der Waals surface area contributed by atoms with Crippen molar-refractivity contribution in [2.45, 2.75) is 26.8 Å². The van der Waals surface area contributed by atoms with E-state index in [1.54, 1.807) is 50.3 Å². The van der Waals surface area contributed by atoms with Gasteiger partial charge in [-0.1, -0.05) is 41.7 Å². The lowest BCUT2D eigenvalue weighted by Gasteiger charge is -2.26. The minimum absolute atomic E-state index is 0.0520. The minimum atomic E-state index is -0.808. The van der Waals surface area contributed by atoms with Crippen molar-refractivity contribution in [3.8, 4) is 17.1 Å². The Hall–Kier alpha value is -4.77. The van der Waals surface area contributed by atoms with Crippen LogP contribution >= 0.6 is 11.3 Å². The average Bonchev–Trinajstić information content (AvgIpc) is 3.53. The Labute approximate surface area is 232 Å². The molecule has 11 heteroatoms. The molecule has 0 bridgehead atoms. The number of aromatic nitrogens is 1. The van der Waals surface area contributed by atoms with Crippen LogP contribution in [0.5, 0.6) is 5.75 Å². The third-order valence-corrected chi connectivity index (χ3v) is 7.26. The van der Waals surface area contributed by atoms with E-state index in [0.29, 0.717) is 50.0 Å². The molecule has 5 rings (SSSR count). The molecule has 40 heavy (non-hydrogen) atoms. The number of ether oxygens (including phenoxy) is 2. The number of esters is 1. The number of non-ortho nitro benzene ring substituents is 1. The SMILES string of the molecule is CCOC(=O)C1=C(C)N=c2s/c(=C\c3ccc(-c4cccc([N+](=O)[O-])c4)o3)c(=O)n2[C@H]1c1ccccc1OCC. The molecule has 0 amide bonds. The van der Waals surface area contributed by atoms with E-state index in [1.807, 2.05) is 25.1 Å². The first-order chi connectivity index (χ1) is 19.3. The van der Waals surface area contributed by atoms with E-state index in [0.717, 1.165) is 0 Å². The quantitative estimate of drug-likeness (QED) is 0.178. The first kappa shape index (κ1) is 26.8. The fourth-order valence-corrected chi connectivity index (χ4v) is 5.59. The van der Waals surface area contributed by atoms with Gasteiger partial charge in [0.25, 0.3) is 11.2 Å². The summed E-state index contributed by atoms with van der Waals surface area (Å²) in [6, 6.07) is 15.9. The first-order valence-electron chi connectivity index (χ1n) is 12.6. The Morgan fingerprint density at radius 3 is 2.70 bits per heavy atom. The van der Waals surface area contributed by atoms with Gasteiger partial charge in [-0.05, 0) is 39.0 Å². The van der Waals surface area contributed by atoms with Gasteiger partial charge < -0.3 is 13.9 Å². The molecule has 10 nitrogen and oxygen atoms in total. The molecule has 0 unspecified atom stereocenters. The predicted molar refractivity (Wildman–Crippen MR) is 149 cm³/mol. The molecule has 0 aliphatic carbocycles. The number of thiazole rings is 1. The molecule has 4 aromatic rings. The fourth-order valence-electron chi connectivity index (χ4n) is 4.57. The number of benzene rings is 2. The summed E-state index contributed by atoms with van der Waals surface area (Å²) in [5.74, 6) is 0.807. The highest BCUT2D eigenvalue weighted by Gasteiger charge is 2.35. The second-order valence-electron chi connectivity index (χ2n) is 8.78. The molecule has 0 radical (unpaired) electrons. The molecule has 0 fully saturated rings. The molecule has 3 heterocycles. The van der Waals surface area contributed by atoms with Gasteiger partial charge in [0, 0.05) is 29.3 Å². The second-order valence-corrected chi connectivity index (χ2v) is 9.79. The van der Waals surface area contributed by atoms with Crippen molar-refractivity contribution in [1.29, 1.82) is 0 Å². The maximum Gasteiger partial charge on any atom is 0.338 e. The number of para-hydroxylation sites is 1. The van der Waals surface area contributed by atoms with Gasteiger partial charge in [0.05, 0.1) is 33.9 Å². The van der Waals surface area contributed by atoms with E-state index in [9.17, 15) is 19.7 Å². The summed E-state index contributed by atoms with van der Waals surface area (Å²) < 4.78 is 19.0. The molecular weight excluding hydrogens is 534 g/mol. The van der Waals surface area contributed by atoms with Crippen molar-refractivity contribution in [3.63, 3.8) is 0 Å². The number of carbonyl (C=O) groups is 1. The van der Waals surface area contributed by atoms with Crippen molar-refractivity contribution in [1.82, 2.24) is 4.57 Å². The molecule has 2 aromatic heterocycles. The maximum absolute atomic E-state index is 13.8. The van der Waals surface area contributed by atoms with Gasteiger partial charge in [-0.25, -0.2) is 9.79 Å². The monoisotopic (exact) mass is 559 g/mol. The minimum Gasteiger partial charge on any atom is -0.494 e. The summed E-state index contributed by atoms with van der Waals surface area (Å²) in [6.07, 6.45) is 1.60. The van der Waals surface area contributed by atoms with E-state index in [4.69, 9.17) is 13.9 Å². The fraction of sp³-hybridized carbons (Fsp3) is 0.207. The van der Waals surface area contributed by atoms with Crippen LogP contribution in [0.15, 0.2) is 86.1 Å². The molecule has 0 saturated heterocycles. The van der Waals surface area contributed by atoms with Crippen molar-refractivity contribution in [2.24, 2.45) is 4.99 Å². The van der Waals surface area contributed by atoms with Gasteiger partial charge in [0.2, 0.25) is 0 Å². The number of allylic oxidation sites excluding steroid dienone is 1. The first-order valence-corrected chi connectivity index (χ1v) is 13.4. The standard InChI is InChI=1S/C29H25N3O7S/c1-4-37-23-12-7-6-11-21(23)26-25(28(34)38-5-2)17(3)30-29-31(26)27(33)24(40-29)16-20-13-14-22(39-20)18-9-8-10-19(15-18)32(35)36/h6-16,26H,4-5H2,1-3H3/b24-16-/t26-/m0/s1. The summed E-state index contributed by atoms with van der Waals surface area (Å²) in [7, 11) is 0. The summed E-state index contributed by atoms with van der Waals surface area (Å²) in [5.41, 5.74) is 1.48. The van der Waals surface area contributed by atoms with Crippen molar-refractivity contribution in [2.75, 3.05) is 13.2 Å². The molecule has 1 aliphatic heterocycles. The van der Waals surface area contributed by atoms with E-state index in [1.165, 1.54) is 28.0 Å². The number of nitro groups is 1. The molecule has 0 saturated carbocycles. The van der Waals surface area contributed by atoms with Gasteiger partial charge in [-0.15, -0.1) is 0 Å². The van der Waals surface area contributed by atoms with Gasteiger partial charge in [0.15, 0.2) is 4.80 Å². The zero-order chi connectivity index (χ0) is 28.4. The van der Waals surface area contributed by atoms with Crippen LogP contribution in [0, 0.1) is 10.1 Å². The number of rotatable bonds is 8. The molecule has 1 atom stereocenters. The lowest BCUT2D eigenvalue weighted by Crippen LogP contribution is -2.40. The van der Waals surface area contributed by atoms with E-state index in [2.05, 4.69) is 4.99 Å². The van der Waals surface area contributed by atoms with Gasteiger partial charge in [-0.2, -0.15) is 0 Å². The van der Waals surface area contributed by atoms with Crippen LogP contribution in [-0.2, 0) is 9.53 Å². The number of hydrogen-bond acceptors (Lipinski definition) is 9. The van der Waals surface area contributed by atoms with Crippen LogP contribution < -0.4 is 19.6 Å². The molecule has 0 spiro atoms.